The van der Waals surface area contributed by atoms with Crippen molar-refractivity contribution in [3.05, 3.63) is 0 Å². The quantitative estimate of drug-likeness (QED) is 0.561. The fraction of sp³-hybridized carbons (Fsp3) is 0.889. The number of rotatable bonds is 2. The van der Waals surface area contributed by atoms with Gasteiger partial charge in [-0.05, 0) is 25.7 Å². The van der Waals surface area contributed by atoms with E-state index in [2.05, 4.69) is 34.4 Å². The van der Waals surface area contributed by atoms with Gasteiger partial charge in [0, 0.05) is 12.6 Å². The fourth-order valence-corrected chi connectivity index (χ4v) is 2.27. The molecule has 0 radical (unpaired) electrons. The summed E-state index contributed by atoms with van der Waals surface area (Å²) in [6, 6.07) is 0.529. The van der Waals surface area contributed by atoms with E-state index in [9.17, 15) is 4.79 Å². The lowest BCUT2D eigenvalue weighted by atomic mass is 10.0. The monoisotopic (exact) mass is 281 g/mol. The maximum atomic E-state index is 11.5. The number of carbonyl (C=O) groups is 1. The molecule has 1 heterocycles. The summed E-state index contributed by atoms with van der Waals surface area (Å²) in [4.78, 5) is 13.5. The number of halogens is 1. The summed E-state index contributed by atoms with van der Waals surface area (Å²) in [5, 5.41) is 0. The summed E-state index contributed by atoms with van der Waals surface area (Å²) in [5.74, 6) is 0.321. The van der Waals surface area contributed by atoms with Gasteiger partial charge in [0.1, 0.15) is 0 Å². The molecule has 1 unspecified atom stereocenters. The van der Waals surface area contributed by atoms with Crippen LogP contribution in [0.4, 0.5) is 0 Å². The zero-order chi connectivity index (χ0) is 8.97. The number of amides is 1. The number of alkyl halides is 1. The van der Waals surface area contributed by atoms with Crippen molar-refractivity contribution in [3.8, 4) is 0 Å². The normalized spacial score (nSPS) is 24.2. The standard InChI is InChI=1S/C9H16INO/c1-2-8-5-3-4-6-11(8)9(12)7-10/h8H,2-7H2,1H3. The van der Waals surface area contributed by atoms with Crippen LogP contribution in [0.15, 0.2) is 0 Å². The Bertz CT molecular complexity index is 161. The molecule has 0 bridgehead atoms. The van der Waals surface area contributed by atoms with Gasteiger partial charge >= 0.3 is 0 Å². The van der Waals surface area contributed by atoms with Crippen molar-refractivity contribution in [2.24, 2.45) is 0 Å². The van der Waals surface area contributed by atoms with E-state index in [0.29, 0.717) is 16.4 Å². The molecule has 1 saturated heterocycles. The maximum absolute atomic E-state index is 11.5. The highest BCUT2D eigenvalue weighted by Gasteiger charge is 2.23. The summed E-state index contributed by atoms with van der Waals surface area (Å²) in [5.41, 5.74) is 0. The number of hydrogen-bond donors (Lipinski definition) is 0. The molecule has 0 aromatic rings. The molecule has 1 aliphatic rings. The first kappa shape index (κ1) is 10.3. The number of hydrogen-bond acceptors (Lipinski definition) is 1. The second kappa shape index (κ2) is 5.04. The van der Waals surface area contributed by atoms with E-state index >= 15 is 0 Å². The van der Waals surface area contributed by atoms with Crippen LogP contribution in [-0.4, -0.2) is 27.8 Å². The van der Waals surface area contributed by atoms with Gasteiger partial charge in [-0.3, -0.25) is 4.79 Å². The van der Waals surface area contributed by atoms with Gasteiger partial charge in [0.25, 0.3) is 0 Å². The molecule has 0 N–H and O–H groups in total. The Morgan fingerprint density at radius 2 is 2.33 bits per heavy atom. The van der Waals surface area contributed by atoms with Crippen molar-refractivity contribution in [1.82, 2.24) is 4.90 Å². The van der Waals surface area contributed by atoms with Crippen LogP contribution in [0.25, 0.3) is 0 Å². The van der Waals surface area contributed by atoms with Gasteiger partial charge in [-0.15, -0.1) is 0 Å². The van der Waals surface area contributed by atoms with E-state index in [1.165, 1.54) is 19.3 Å². The summed E-state index contributed by atoms with van der Waals surface area (Å²) in [6.07, 6.45) is 4.81. The Balaban J connectivity index is 2.52. The van der Waals surface area contributed by atoms with Crippen LogP contribution in [0.1, 0.15) is 32.6 Å². The van der Waals surface area contributed by atoms with Crippen molar-refractivity contribution in [3.63, 3.8) is 0 Å². The first-order valence-corrected chi connectivity index (χ1v) is 6.17. The summed E-state index contributed by atoms with van der Waals surface area (Å²) in [7, 11) is 0. The molecule has 0 spiro atoms. The van der Waals surface area contributed by atoms with Gasteiger partial charge in [0.15, 0.2) is 0 Å². The zero-order valence-corrected chi connectivity index (χ0v) is 9.71. The molecular weight excluding hydrogens is 265 g/mol. The summed E-state index contributed by atoms with van der Waals surface area (Å²) >= 11 is 2.15. The van der Waals surface area contributed by atoms with Crippen LogP contribution >= 0.6 is 22.6 Å². The third-order valence-corrected chi connectivity index (χ3v) is 3.19. The van der Waals surface area contributed by atoms with Crippen molar-refractivity contribution in [2.75, 3.05) is 11.0 Å². The molecule has 0 aromatic heterocycles. The number of nitrogens with zero attached hydrogens (tertiary/aromatic N) is 1. The molecule has 70 valence electrons. The molecule has 1 fully saturated rings. The van der Waals surface area contributed by atoms with Gasteiger partial charge < -0.3 is 4.90 Å². The number of likely N-dealkylation sites (tertiary alicyclic amines) is 1. The highest BCUT2D eigenvalue weighted by atomic mass is 127. The minimum absolute atomic E-state index is 0.321. The molecule has 0 aromatic carbocycles. The van der Waals surface area contributed by atoms with Crippen LogP contribution in [0, 0.1) is 0 Å². The molecule has 0 saturated carbocycles. The molecule has 12 heavy (non-hydrogen) atoms. The van der Waals surface area contributed by atoms with Gasteiger partial charge in [0.05, 0.1) is 4.43 Å². The molecule has 1 aliphatic heterocycles. The van der Waals surface area contributed by atoms with Crippen LogP contribution < -0.4 is 0 Å². The van der Waals surface area contributed by atoms with Crippen molar-refractivity contribution in [1.29, 1.82) is 0 Å². The first-order valence-electron chi connectivity index (χ1n) is 4.65. The Labute approximate surface area is 87.8 Å². The first-order chi connectivity index (χ1) is 5.79. The Morgan fingerprint density at radius 1 is 1.58 bits per heavy atom. The minimum Gasteiger partial charge on any atom is -0.339 e. The summed E-state index contributed by atoms with van der Waals surface area (Å²) < 4.78 is 0.633. The fourth-order valence-electron chi connectivity index (χ4n) is 1.83. The van der Waals surface area contributed by atoms with E-state index in [1.54, 1.807) is 0 Å². The van der Waals surface area contributed by atoms with Crippen LogP contribution in [0.5, 0.6) is 0 Å². The SMILES string of the molecule is CCC1CCCCN1C(=O)CI. The molecule has 1 rings (SSSR count). The lowest BCUT2D eigenvalue weighted by molar-refractivity contribution is -0.131. The Kier molecular flexibility index (Phi) is 4.32. The average Bonchev–Trinajstić information content (AvgIpc) is 2.16. The van der Waals surface area contributed by atoms with Gasteiger partial charge in [-0.2, -0.15) is 0 Å². The predicted molar refractivity (Wildman–Crippen MR) is 58.5 cm³/mol. The third kappa shape index (κ3) is 2.34. The zero-order valence-electron chi connectivity index (χ0n) is 7.55. The molecule has 2 nitrogen and oxygen atoms in total. The van der Waals surface area contributed by atoms with Crippen LogP contribution in [0.3, 0.4) is 0 Å². The topological polar surface area (TPSA) is 20.3 Å². The van der Waals surface area contributed by atoms with E-state index < -0.39 is 0 Å². The van der Waals surface area contributed by atoms with Crippen molar-refractivity contribution >= 4 is 28.5 Å². The summed E-state index contributed by atoms with van der Waals surface area (Å²) in [6.45, 7) is 3.16. The molecule has 1 atom stereocenters. The van der Waals surface area contributed by atoms with Gasteiger partial charge in [-0.1, -0.05) is 29.5 Å². The molecule has 0 aliphatic carbocycles. The predicted octanol–water partition coefficient (Wildman–Crippen LogP) is 2.21. The Hall–Kier alpha value is 0.200. The van der Waals surface area contributed by atoms with Crippen LogP contribution in [-0.2, 0) is 4.79 Å². The second-order valence-electron chi connectivity index (χ2n) is 3.28. The largest absolute Gasteiger partial charge is 0.339 e. The van der Waals surface area contributed by atoms with E-state index in [0.717, 1.165) is 13.0 Å². The third-order valence-electron chi connectivity index (χ3n) is 2.53. The van der Waals surface area contributed by atoms with E-state index in [-0.39, 0.29) is 0 Å². The Morgan fingerprint density at radius 3 is 2.92 bits per heavy atom. The van der Waals surface area contributed by atoms with Crippen LogP contribution in [0.2, 0.25) is 0 Å². The average molecular weight is 281 g/mol. The number of piperidine rings is 1. The van der Waals surface area contributed by atoms with Crippen molar-refractivity contribution in [2.45, 2.75) is 38.6 Å². The lowest BCUT2D eigenvalue weighted by Crippen LogP contribution is -2.43. The highest BCUT2D eigenvalue weighted by molar-refractivity contribution is 14.1. The maximum Gasteiger partial charge on any atom is 0.232 e. The smallest absolute Gasteiger partial charge is 0.232 e. The number of carbonyl (C=O) groups excluding carboxylic acids is 1. The minimum atomic E-state index is 0.321. The molecular formula is C9H16INO. The molecule has 3 heteroatoms. The van der Waals surface area contributed by atoms with Crippen molar-refractivity contribution < 1.29 is 4.79 Å². The highest BCUT2D eigenvalue weighted by Crippen LogP contribution is 2.19. The second-order valence-corrected chi connectivity index (χ2v) is 4.04. The lowest BCUT2D eigenvalue weighted by Gasteiger charge is -2.34. The van der Waals surface area contributed by atoms with Gasteiger partial charge in [0.2, 0.25) is 5.91 Å². The van der Waals surface area contributed by atoms with E-state index in [4.69, 9.17) is 0 Å². The van der Waals surface area contributed by atoms with Gasteiger partial charge in [-0.25, -0.2) is 0 Å². The molecule has 1 amide bonds. The van der Waals surface area contributed by atoms with E-state index in [1.807, 2.05) is 0 Å².